The van der Waals surface area contributed by atoms with Gasteiger partial charge in [0.15, 0.2) is 0 Å². The number of aromatic nitrogens is 2. The molecule has 0 spiro atoms. The lowest BCUT2D eigenvalue weighted by molar-refractivity contribution is -0.143. The maximum absolute atomic E-state index is 10.9. The van der Waals surface area contributed by atoms with Gasteiger partial charge in [0.1, 0.15) is 0 Å². The van der Waals surface area contributed by atoms with Crippen LogP contribution in [0.3, 0.4) is 0 Å². The number of hydrogen-bond donors (Lipinski definition) is 1. The van der Waals surface area contributed by atoms with E-state index in [1.807, 2.05) is 11.9 Å². The highest BCUT2D eigenvalue weighted by Crippen LogP contribution is 2.31. The molecule has 1 aromatic rings. The van der Waals surface area contributed by atoms with Crippen LogP contribution in [0.1, 0.15) is 32.1 Å². The molecule has 20 heavy (non-hydrogen) atoms. The quantitative estimate of drug-likeness (QED) is 0.905. The third-order valence-corrected chi connectivity index (χ3v) is 4.21. The van der Waals surface area contributed by atoms with Crippen molar-refractivity contribution in [2.45, 2.75) is 32.1 Å². The Balaban J connectivity index is 1.75. The smallest absolute Gasteiger partial charge is 0.306 e. The summed E-state index contributed by atoms with van der Waals surface area (Å²) in [7, 11) is 1.96. The maximum Gasteiger partial charge on any atom is 0.306 e. The van der Waals surface area contributed by atoms with Gasteiger partial charge < -0.3 is 10.0 Å². The zero-order valence-electron chi connectivity index (χ0n) is 11.6. The Morgan fingerprint density at radius 3 is 2.50 bits per heavy atom. The Morgan fingerprint density at radius 2 is 1.95 bits per heavy atom. The number of rotatable bonds is 5. The second kappa shape index (κ2) is 6.88. The molecule has 1 saturated carbocycles. The normalized spacial score (nSPS) is 22.5. The highest BCUT2D eigenvalue weighted by atomic mass is 35.5. The highest BCUT2D eigenvalue weighted by molar-refractivity contribution is 6.30. The standard InChI is InChI=1S/C14H20ClN3O2/c1-18(14-16-8-12(15)9-17-14)7-6-10-2-4-11(5-3-10)13(19)20/h8-11H,2-7H2,1H3,(H,19,20)/t10-,11-. The molecular weight excluding hydrogens is 278 g/mol. The van der Waals surface area contributed by atoms with Gasteiger partial charge in [0.2, 0.25) is 5.95 Å². The summed E-state index contributed by atoms with van der Waals surface area (Å²) in [6.07, 6.45) is 7.87. The van der Waals surface area contributed by atoms with Gasteiger partial charge in [-0.05, 0) is 38.0 Å². The first kappa shape index (κ1) is 15.0. The van der Waals surface area contributed by atoms with E-state index in [0.29, 0.717) is 16.9 Å². The Labute approximate surface area is 124 Å². The predicted molar refractivity (Wildman–Crippen MR) is 78.0 cm³/mol. The van der Waals surface area contributed by atoms with Crippen molar-refractivity contribution < 1.29 is 9.90 Å². The van der Waals surface area contributed by atoms with Crippen molar-refractivity contribution in [2.24, 2.45) is 11.8 Å². The first-order chi connectivity index (χ1) is 9.56. The van der Waals surface area contributed by atoms with Crippen LogP contribution in [0.15, 0.2) is 12.4 Å². The molecular formula is C14H20ClN3O2. The van der Waals surface area contributed by atoms with Gasteiger partial charge in [-0.1, -0.05) is 11.6 Å². The summed E-state index contributed by atoms with van der Waals surface area (Å²) in [5.41, 5.74) is 0. The predicted octanol–water partition coefficient (Wildman–Crippen LogP) is 2.85. The van der Waals surface area contributed by atoms with Gasteiger partial charge in [-0.2, -0.15) is 0 Å². The Morgan fingerprint density at radius 1 is 1.35 bits per heavy atom. The van der Waals surface area contributed by atoms with Crippen molar-refractivity contribution in [3.8, 4) is 0 Å². The van der Waals surface area contributed by atoms with Crippen molar-refractivity contribution in [2.75, 3.05) is 18.5 Å². The zero-order valence-corrected chi connectivity index (χ0v) is 12.4. The SMILES string of the molecule is CN(CC[C@H]1CC[C@H](C(=O)O)CC1)c1ncc(Cl)cn1. The number of nitrogens with zero attached hydrogens (tertiary/aromatic N) is 3. The van der Waals surface area contributed by atoms with Crippen molar-refractivity contribution in [3.05, 3.63) is 17.4 Å². The summed E-state index contributed by atoms with van der Waals surface area (Å²) < 4.78 is 0. The van der Waals surface area contributed by atoms with E-state index in [2.05, 4.69) is 9.97 Å². The molecule has 110 valence electrons. The van der Waals surface area contributed by atoms with Gasteiger partial charge >= 0.3 is 5.97 Å². The van der Waals surface area contributed by atoms with Crippen LogP contribution in [-0.2, 0) is 4.79 Å². The lowest BCUT2D eigenvalue weighted by Gasteiger charge is -2.27. The van der Waals surface area contributed by atoms with E-state index in [1.165, 1.54) is 0 Å². The summed E-state index contributed by atoms with van der Waals surface area (Å²) >= 11 is 5.76. The Bertz CT molecular complexity index is 444. The number of carboxylic acids is 1. The minimum absolute atomic E-state index is 0.136. The Kier molecular flexibility index (Phi) is 5.17. The van der Waals surface area contributed by atoms with Crippen LogP contribution in [0, 0.1) is 11.8 Å². The molecule has 1 aliphatic carbocycles. The van der Waals surface area contributed by atoms with Crippen LogP contribution in [0.4, 0.5) is 5.95 Å². The van der Waals surface area contributed by atoms with Crippen molar-refractivity contribution >= 4 is 23.5 Å². The molecule has 0 aromatic carbocycles. The first-order valence-corrected chi connectivity index (χ1v) is 7.35. The average molecular weight is 298 g/mol. The number of hydrogen-bond acceptors (Lipinski definition) is 4. The molecule has 0 atom stereocenters. The van der Waals surface area contributed by atoms with E-state index in [9.17, 15) is 4.79 Å². The molecule has 1 aromatic heterocycles. The van der Waals surface area contributed by atoms with Crippen LogP contribution >= 0.6 is 11.6 Å². The van der Waals surface area contributed by atoms with Crippen molar-refractivity contribution in [1.29, 1.82) is 0 Å². The van der Waals surface area contributed by atoms with Crippen LogP contribution in [-0.4, -0.2) is 34.6 Å². The first-order valence-electron chi connectivity index (χ1n) is 6.97. The molecule has 5 nitrogen and oxygen atoms in total. The lowest BCUT2D eigenvalue weighted by atomic mass is 9.80. The maximum atomic E-state index is 10.9. The largest absolute Gasteiger partial charge is 0.481 e. The molecule has 0 radical (unpaired) electrons. The summed E-state index contributed by atoms with van der Waals surface area (Å²) in [6, 6.07) is 0. The van der Waals surface area contributed by atoms with Crippen molar-refractivity contribution in [1.82, 2.24) is 9.97 Å². The van der Waals surface area contributed by atoms with Gasteiger partial charge in [-0.3, -0.25) is 4.79 Å². The van der Waals surface area contributed by atoms with E-state index in [1.54, 1.807) is 12.4 Å². The molecule has 1 N–H and O–H groups in total. The third-order valence-electron chi connectivity index (χ3n) is 4.02. The summed E-state index contributed by atoms with van der Waals surface area (Å²) in [5.74, 6) is 0.507. The van der Waals surface area contributed by atoms with Crippen LogP contribution in [0.25, 0.3) is 0 Å². The molecule has 0 bridgehead atoms. The van der Waals surface area contributed by atoms with Crippen LogP contribution in [0.2, 0.25) is 5.02 Å². The van der Waals surface area contributed by atoms with Gasteiger partial charge in [0.25, 0.3) is 0 Å². The van der Waals surface area contributed by atoms with Gasteiger partial charge in [-0.25, -0.2) is 9.97 Å². The van der Waals surface area contributed by atoms with E-state index in [4.69, 9.17) is 16.7 Å². The minimum atomic E-state index is -0.643. The fourth-order valence-corrected chi connectivity index (χ4v) is 2.77. The number of carboxylic acid groups (broad SMARTS) is 1. The fourth-order valence-electron chi connectivity index (χ4n) is 2.68. The number of aliphatic carboxylic acids is 1. The van der Waals surface area contributed by atoms with Crippen molar-refractivity contribution in [3.63, 3.8) is 0 Å². The highest BCUT2D eigenvalue weighted by Gasteiger charge is 2.25. The summed E-state index contributed by atoms with van der Waals surface area (Å²) in [5, 5.41) is 9.51. The van der Waals surface area contributed by atoms with Crippen LogP contribution in [0.5, 0.6) is 0 Å². The molecule has 1 fully saturated rings. The lowest BCUT2D eigenvalue weighted by Crippen LogP contribution is -2.26. The molecule has 2 rings (SSSR count). The molecule has 0 amide bonds. The number of carbonyl (C=O) groups is 1. The van der Waals surface area contributed by atoms with E-state index < -0.39 is 5.97 Å². The van der Waals surface area contributed by atoms with Gasteiger partial charge in [0, 0.05) is 13.6 Å². The van der Waals surface area contributed by atoms with Gasteiger partial charge in [-0.15, -0.1) is 0 Å². The second-order valence-electron chi connectivity index (χ2n) is 5.47. The minimum Gasteiger partial charge on any atom is -0.481 e. The Hall–Kier alpha value is -1.36. The molecule has 1 aliphatic rings. The monoisotopic (exact) mass is 297 g/mol. The average Bonchev–Trinajstić information content (AvgIpc) is 2.46. The second-order valence-corrected chi connectivity index (χ2v) is 5.90. The van der Waals surface area contributed by atoms with E-state index in [0.717, 1.165) is 38.6 Å². The topological polar surface area (TPSA) is 66.3 Å². The molecule has 1 heterocycles. The summed E-state index contributed by atoms with van der Waals surface area (Å²) in [4.78, 5) is 21.3. The van der Waals surface area contributed by atoms with Crippen LogP contribution < -0.4 is 4.90 Å². The zero-order chi connectivity index (χ0) is 14.5. The van der Waals surface area contributed by atoms with Gasteiger partial charge in [0.05, 0.1) is 23.3 Å². The third kappa shape index (κ3) is 4.07. The van der Waals surface area contributed by atoms with E-state index in [-0.39, 0.29) is 5.92 Å². The molecule has 0 saturated heterocycles. The van der Waals surface area contributed by atoms with E-state index >= 15 is 0 Å². The number of halogens is 1. The molecule has 0 unspecified atom stereocenters. The summed E-state index contributed by atoms with van der Waals surface area (Å²) in [6.45, 7) is 0.879. The number of anilines is 1. The molecule has 0 aliphatic heterocycles. The molecule has 6 heteroatoms. The fraction of sp³-hybridized carbons (Fsp3) is 0.643.